The number of morpholine rings is 1. The Morgan fingerprint density at radius 2 is 2.12 bits per heavy atom. The largest absolute Gasteiger partial charge is 0.489 e. The quantitative estimate of drug-likeness (QED) is 0.527. The van der Waals surface area contributed by atoms with E-state index in [1.54, 1.807) is 0 Å². The standard InChI is InChI=1S/C26H32ClNO4/c1-3-19-6-5-7-24(27)22(19)17-31-21-8-9-23-20(16-21)10-12-26(23)18-28(14-15-32-26)13-11-25(29)30-4-2/h5-9,16H,3-4,10-15,17-18H2,1-2H3/t26-/m1/s1. The molecule has 5 nitrogen and oxygen atoms in total. The monoisotopic (exact) mass is 457 g/mol. The molecule has 32 heavy (non-hydrogen) atoms. The van der Waals surface area contributed by atoms with E-state index in [1.807, 2.05) is 25.1 Å². The molecular weight excluding hydrogens is 426 g/mol. The number of ether oxygens (including phenoxy) is 3. The maximum absolute atomic E-state index is 11.8. The number of benzene rings is 2. The van der Waals surface area contributed by atoms with Crippen LogP contribution < -0.4 is 4.74 Å². The number of hydrogen-bond acceptors (Lipinski definition) is 5. The summed E-state index contributed by atoms with van der Waals surface area (Å²) in [5.74, 6) is 0.726. The molecule has 0 aromatic heterocycles. The Morgan fingerprint density at radius 1 is 1.25 bits per heavy atom. The predicted octanol–water partition coefficient (Wildman–Crippen LogP) is 4.91. The lowest BCUT2D eigenvalue weighted by molar-refractivity contribution is -0.145. The minimum Gasteiger partial charge on any atom is -0.489 e. The average molecular weight is 458 g/mol. The van der Waals surface area contributed by atoms with E-state index in [2.05, 4.69) is 30.0 Å². The van der Waals surface area contributed by atoms with E-state index in [4.69, 9.17) is 25.8 Å². The van der Waals surface area contributed by atoms with Crippen LogP contribution in [0.25, 0.3) is 0 Å². The molecule has 0 radical (unpaired) electrons. The minimum absolute atomic E-state index is 0.133. The first-order valence-corrected chi connectivity index (χ1v) is 12.0. The maximum atomic E-state index is 11.8. The summed E-state index contributed by atoms with van der Waals surface area (Å²) in [5.41, 5.74) is 4.51. The van der Waals surface area contributed by atoms with Crippen LogP contribution >= 0.6 is 11.6 Å². The fourth-order valence-electron chi connectivity index (χ4n) is 4.88. The first kappa shape index (κ1) is 23.1. The minimum atomic E-state index is -0.293. The third kappa shape index (κ3) is 4.95. The number of halogens is 1. The highest BCUT2D eigenvalue weighted by Crippen LogP contribution is 2.43. The van der Waals surface area contributed by atoms with Gasteiger partial charge in [-0.25, -0.2) is 0 Å². The number of aryl methyl sites for hydroxylation is 2. The van der Waals surface area contributed by atoms with E-state index in [9.17, 15) is 4.79 Å². The van der Waals surface area contributed by atoms with Crippen molar-refractivity contribution in [2.75, 3.05) is 32.8 Å². The summed E-state index contributed by atoms with van der Waals surface area (Å²) < 4.78 is 17.6. The summed E-state index contributed by atoms with van der Waals surface area (Å²) in [6.07, 6.45) is 3.26. The Kier molecular flexibility index (Phi) is 7.39. The summed E-state index contributed by atoms with van der Waals surface area (Å²) in [4.78, 5) is 14.1. The summed E-state index contributed by atoms with van der Waals surface area (Å²) in [7, 11) is 0. The van der Waals surface area contributed by atoms with E-state index in [-0.39, 0.29) is 11.6 Å². The molecular formula is C26H32ClNO4. The molecule has 1 aliphatic heterocycles. The lowest BCUT2D eigenvalue weighted by Gasteiger charge is -2.41. The van der Waals surface area contributed by atoms with Crippen molar-refractivity contribution in [3.63, 3.8) is 0 Å². The van der Waals surface area contributed by atoms with Gasteiger partial charge in [0.1, 0.15) is 18.0 Å². The van der Waals surface area contributed by atoms with Crippen LogP contribution in [0.2, 0.25) is 5.02 Å². The number of hydrogen-bond donors (Lipinski definition) is 0. The van der Waals surface area contributed by atoms with E-state index < -0.39 is 0 Å². The smallest absolute Gasteiger partial charge is 0.307 e. The Bertz CT molecular complexity index is 963. The molecule has 1 saturated heterocycles. The fraction of sp³-hybridized carbons (Fsp3) is 0.500. The Hall–Kier alpha value is -2.08. The van der Waals surface area contributed by atoms with Crippen LogP contribution in [-0.4, -0.2) is 43.7 Å². The lowest BCUT2D eigenvalue weighted by atomic mass is 9.93. The van der Waals surface area contributed by atoms with Gasteiger partial charge < -0.3 is 14.2 Å². The van der Waals surface area contributed by atoms with Crippen molar-refractivity contribution < 1.29 is 19.0 Å². The second-order valence-electron chi connectivity index (χ2n) is 8.51. The van der Waals surface area contributed by atoms with E-state index >= 15 is 0 Å². The Morgan fingerprint density at radius 3 is 2.94 bits per heavy atom. The van der Waals surface area contributed by atoms with Crippen molar-refractivity contribution in [2.45, 2.75) is 51.7 Å². The van der Waals surface area contributed by atoms with Gasteiger partial charge in [0.05, 0.1) is 19.6 Å². The molecule has 0 amide bonds. The molecule has 0 unspecified atom stereocenters. The summed E-state index contributed by atoms with van der Waals surface area (Å²) in [6.45, 7) is 7.89. The number of nitrogens with zero attached hydrogens (tertiary/aromatic N) is 1. The molecule has 172 valence electrons. The Labute approximate surface area is 195 Å². The van der Waals surface area contributed by atoms with Gasteiger partial charge in [0.2, 0.25) is 0 Å². The number of esters is 1. The molecule has 6 heteroatoms. The molecule has 1 fully saturated rings. The first-order chi connectivity index (χ1) is 15.5. The Balaban J connectivity index is 1.43. The van der Waals surface area contributed by atoms with Gasteiger partial charge in [-0.1, -0.05) is 36.7 Å². The van der Waals surface area contributed by atoms with Crippen molar-refractivity contribution >= 4 is 17.6 Å². The first-order valence-electron chi connectivity index (χ1n) is 11.6. The molecule has 1 atom stereocenters. The zero-order valence-electron chi connectivity index (χ0n) is 19.0. The second kappa shape index (κ2) is 10.2. The van der Waals surface area contributed by atoms with Crippen molar-refractivity contribution in [1.29, 1.82) is 0 Å². The second-order valence-corrected chi connectivity index (χ2v) is 8.92. The molecule has 1 spiro atoms. The summed E-state index contributed by atoms with van der Waals surface area (Å²) >= 11 is 6.41. The molecule has 1 aliphatic carbocycles. The average Bonchev–Trinajstić information content (AvgIpc) is 3.14. The van der Waals surface area contributed by atoms with Crippen LogP contribution in [-0.2, 0) is 39.3 Å². The number of fused-ring (bicyclic) bond motifs is 2. The van der Waals surface area contributed by atoms with Crippen LogP contribution in [0.5, 0.6) is 5.75 Å². The van der Waals surface area contributed by atoms with Gasteiger partial charge in [-0.2, -0.15) is 0 Å². The molecule has 1 heterocycles. The highest BCUT2D eigenvalue weighted by Gasteiger charge is 2.43. The molecule has 2 aromatic rings. The zero-order chi connectivity index (χ0) is 22.6. The van der Waals surface area contributed by atoms with Gasteiger partial charge in [0.15, 0.2) is 0 Å². The van der Waals surface area contributed by atoms with Crippen molar-refractivity contribution in [1.82, 2.24) is 4.90 Å². The molecule has 2 aromatic carbocycles. The SMILES string of the molecule is CCOC(=O)CCN1CCO[C@]2(CCc3cc(OCc4c(Cl)cccc4CC)ccc32)C1. The number of carbonyl (C=O) groups excluding carboxylic acids is 1. The van der Waals surface area contributed by atoms with Crippen LogP contribution in [0.4, 0.5) is 0 Å². The molecule has 2 aliphatic rings. The van der Waals surface area contributed by atoms with Crippen molar-refractivity contribution in [3.05, 3.63) is 63.7 Å². The highest BCUT2D eigenvalue weighted by atomic mass is 35.5. The predicted molar refractivity (Wildman–Crippen MR) is 125 cm³/mol. The van der Waals surface area contributed by atoms with Crippen LogP contribution in [0, 0.1) is 0 Å². The summed E-state index contributed by atoms with van der Waals surface area (Å²) in [6, 6.07) is 12.3. The van der Waals surface area contributed by atoms with E-state index in [1.165, 1.54) is 16.7 Å². The van der Waals surface area contributed by atoms with Crippen LogP contribution in [0.3, 0.4) is 0 Å². The van der Waals surface area contributed by atoms with E-state index in [0.717, 1.165) is 48.7 Å². The zero-order valence-corrected chi connectivity index (χ0v) is 19.7. The third-order valence-corrected chi connectivity index (χ3v) is 6.90. The normalized spacial score (nSPS) is 20.3. The molecule has 0 bridgehead atoms. The van der Waals surface area contributed by atoms with Crippen molar-refractivity contribution in [3.8, 4) is 5.75 Å². The molecule has 0 saturated carbocycles. The third-order valence-electron chi connectivity index (χ3n) is 6.55. The molecule has 4 rings (SSSR count). The summed E-state index contributed by atoms with van der Waals surface area (Å²) in [5, 5.41) is 0.753. The van der Waals surface area contributed by atoms with Gasteiger partial charge in [0, 0.05) is 30.2 Å². The number of carbonyl (C=O) groups is 1. The van der Waals surface area contributed by atoms with Crippen LogP contribution in [0.15, 0.2) is 36.4 Å². The highest BCUT2D eigenvalue weighted by molar-refractivity contribution is 6.31. The van der Waals surface area contributed by atoms with Gasteiger partial charge >= 0.3 is 5.97 Å². The topological polar surface area (TPSA) is 48.0 Å². The van der Waals surface area contributed by atoms with Crippen LogP contribution in [0.1, 0.15) is 48.9 Å². The van der Waals surface area contributed by atoms with Gasteiger partial charge in [-0.05, 0) is 61.1 Å². The fourth-order valence-corrected chi connectivity index (χ4v) is 5.13. The lowest BCUT2D eigenvalue weighted by Crippen LogP contribution is -2.49. The maximum Gasteiger partial charge on any atom is 0.307 e. The molecule has 0 N–H and O–H groups in total. The van der Waals surface area contributed by atoms with E-state index in [0.29, 0.717) is 32.8 Å². The van der Waals surface area contributed by atoms with Crippen molar-refractivity contribution in [2.24, 2.45) is 0 Å². The van der Waals surface area contributed by atoms with Gasteiger partial charge in [-0.15, -0.1) is 0 Å². The van der Waals surface area contributed by atoms with Gasteiger partial charge in [0.25, 0.3) is 0 Å². The van der Waals surface area contributed by atoms with Gasteiger partial charge in [-0.3, -0.25) is 9.69 Å². The number of rotatable bonds is 8.